The van der Waals surface area contributed by atoms with Crippen LogP contribution in [0.5, 0.6) is 0 Å². The van der Waals surface area contributed by atoms with Crippen LogP contribution in [0.1, 0.15) is 23.5 Å². The Morgan fingerprint density at radius 1 is 1.12 bits per heavy atom. The van der Waals surface area contributed by atoms with E-state index in [1.165, 1.54) is 6.92 Å². The van der Waals surface area contributed by atoms with Gasteiger partial charge in [0.2, 0.25) is 0 Å². The van der Waals surface area contributed by atoms with E-state index in [9.17, 15) is 17.6 Å². The van der Waals surface area contributed by atoms with Crippen LogP contribution in [0, 0.1) is 37.1 Å². The number of hydrogen-bond donors (Lipinski definition) is 1. The fourth-order valence-corrected chi connectivity index (χ4v) is 2.12. The Bertz CT molecular complexity index is 429. The predicted octanol–water partition coefficient (Wildman–Crippen LogP) is 2.83. The zero-order valence-electron chi connectivity index (χ0n) is 9.29. The minimum absolute atomic E-state index is 0.0371. The maximum atomic E-state index is 13.6. The smallest absolute Gasteiger partial charge is 0.197 e. The topological polar surface area (TPSA) is 12.0 Å². The lowest BCUT2D eigenvalue weighted by atomic mass is 10.0. The van der Waals surface area contributed by atoms with E-state index in [0.717, 1.165) is 0 Å². The van der Waals surface area contributed by atoms with Gasteiger partial charge in [-0.1, -0.05) is 0 Å². The van der Waals surface area contributed by atoms with Crippen molar-refractivity contribution in [2.75, 3.05) is 6.54 Å². The molecule has 0 saturated heterocycles. The molecule has 1 N–H and O–H groups in total. The van der Waals surface area contributed by atoms with Crippen LogP contribution in [0.25, 0.3) is 0 Å². The van der Waals surface area contributed by atoms with E-state index in [1.54, 1.807) is 0 Å². The molecule has 1 aliphatic carbocycles. The third-order valence-corrected chi connectivity index (χ3v) is 3.12. The second kappa shape index (κ2) is 4.29. The van der Waals surface area contributed by atoms with Crippen molar-refractivity contribution in [3.8, 4) is 0 Å². The van der Waals surface area contributed by atoms with Crippen LogP contribution in [-0.4, -0.2) is 12.6 Å². The van der Waals surface area contributed by atoms with E-state index in [0.29, 0.717) is 13.0 Å². The average Bonchev–Trinajstić information content (AvgIpc) is 3.04. The van der Waals surface area contributed by atoms with Gasteiger partial charge in [0.25, 0.3) is 0 Å². The molecule has 17 heavy (non-hydrogen) atoms. The van der Waals surface area contributed by atoms with Crippen LogP contribution in [0.15, 0.2) is 0 Å². The highest BCUT2D eigenvalue weighted by molar-refractivity contribution is 5.38. The standard InChI is InChI=1S/C12H12F4N/c1-3-17-7-4-6(7)8-5(2)9(13)11(15)12(16)10(8)14/h6-7,17H,1,3-4H2,2H3. The molecule has 1 radical (unpaired) electrons. The van der Waals surface area contributed by atoms with Gasteiger partial charge in [0.05, 0.1) is 0 Å². The third kappa shape index (κ3) is 1.92. The lowest BCUT2D eigenvalue weighted by Crippen LogP contribution is -2.18. The summed E-state index contributed by atoms with van der Waals surface area (Å²) in [6.45, 7) is 5.29. The molecule has 0 aliphatic heterocycles. The Morgan fingerprint density at radius 3 is 2.29 bits per heavy atom. The van der Waals surface area contributed by atoms with Gasteiger partial charge in [-0.05, 0) is 32.4 Å². The molecule has 1 aromatic rings. The van der Waals surface area contributed by atoms with Gasteiger partial charge >= 0.3 is 0 Å². The van der Waals surface area contributed by atoms with E-state index in [-0.39, 0.29) is 23.1 Å². The van der Waals surface area contributed by atoms with Crippen LogP contribution in [0.2, 0.25) is 0 Å². The van der Waals surface area contributed by atoms with Gasteiger partial charge in [0.15, 0.2) is 23.3 Å². The molecule has 0 spiro atoms. The van der Waals surface area contributed by atoms with E-state index in [1.807, 2.05) is 0 Å². The van der Waals surface area contributed by atoms with Gasteiger partial charge in [-0.25, -0.2) is 17.6 Å². The molecule has 93 valence electrons. The highest BCUT2D eigenvalue weighted by Crippen LogP contribution is 2.44. The van der Waals surface area contributed by atoms with Gasteiger partial charge in [-0.3, -0.25) is 0 Å². The van der Waals surface area contributed by atoms with Crippen molar-refractivity contribution in [1.82, 2.24) is 5.32 Å². The van der Waals surface area contributed by atoms with E-state index in [2.05, 4.69) is 12.2 Å². The molecular weight excluding hydrogens is 234 g/mol. The first-order valence-electron chi connectivity index (χ1n) is 5.34. The fraction of sp³-hybridized carbons (Fsp3) is 0.417. The summed E-state index contributed by atoms with van der Waals surface area (Å²) in [5, 5.41) is 2.96. The number of nitrogens with one attached hydrogen (secondary N) is 1. The molecular formula is C12H12F4N. The minimum atomic E-state index is -1.74. The number of hydrogen-bond acceptors (Lipinski definition) is 1. The lowest BCUT2D eigenvalue weighted by molar-refractivity contribution is 0.400. The van der Waals surface area contributed by atoms with Crippen LogP contribution in [0.3, 0.4) is 0 Å². The first kappa shape index (κ1) is 12.4. The fourth-order valence-electron chi connectivity index (χ4n) is 2.12. The summed E-state index contributed by atoms with van der Waals surface area (Å²) < 4.78 is 53.0. The average molecular weight is 246 g/mol. The second-order valence-corrected chi connectivity index (χ2v) is 4.20. The molecule has 1 aliphatic rings. The highest BCUT2D eigenvalue weighted by Gasteiger charge is 2.42. The summed E-state index contributed by atoms with van der Waals surface area (Å²) in [6.07, 6.45) is 0.581. The number of halogens is 4. The third-order valence-electron chi connectivity index (χ3n) is 3.12. The van der Waals surface area contributed by atoms with Crippen molar-refractivity contribution < 1.29 is 17.6 Å². The highest BCUT2D eigenvalue weighted by atomic mass is 19.2. The Kier molecular flexibility index (Phi) is 3.12. The normalized spacial score (nSPS) is 22.9. The van der Waals surface area contributed by atoms with Gasteiger partial charge in [-0.15, -0.1) is 0 Å². The minimum Gasteiger partial charge on any atom is -0.313 e. The van der Waals surface area contributed by atoms with Crippen molar-refractivity contribution in [2.45, 2.75) is 25.3 Å². The molecule has 0 heterocycles. The predicted molar refractivity (Wildman–Crippen MR) is 55.5 cm³/mol. The lowest BCUT2D eigenvalue weighted by Gasteiger charge is -2.10. The largest absolute Gasteiger partial charge is 0.313 e. The van der Waals surface area contributed by atoms with Crippen molar-refractivity contribution in [3.63, 3.8) is 0 Å². The van der Waals surface area contributed by atoms with Gasteiger partial charge in [0, 0.05) is 17.5 Å². The number of rotatable bonds is 3. The van der Waals surface area contributed by atoms with Crippen molar-refractivity contribution >= 4 is 0 Å². The molecule has 2 atom stereocenters. The summed E-state index contributed by atoms with van der Waals surface area (Å²) in [4.78, 5) is 0. The molecule has 0 aromatic heterocycles. The zero-order chi connectivity index (χ0) is 12.7. The molecule has 1 saturated carbocycles. The summed E-state index contributed by atoms with van der Waals surface area (Å²) in [6, 6.07) is -0.0371. The summed E-state index contributed by atoms with van der Waals surface area (Å²) in [5.74, 6) is -6.37. The van der Waals surface area contributed by atoms with E-state index < -0.39 is 23.3 Å². The molecule has 1 nitrogen and oxygen atoms in total. The van der Waals surface area contributed by atoms with Crippen LogP contribution >= 0.6 is 0 Å². The molecule has 2 rings (SSSR count). The van der Waals surface area contributed by atoms with Crippen LogP contribution < -0.4 is 5.32 Å². The summed E-state index contributed by atoms with van der Waals surface area (Å²) in [7, 11) is 0. The maximum Gasteiger partial charge on any atom is 0.197 e. The van der Waals surface area contributed by atoms with E-state index in [4.69, 9.17) is 0 Å². The SMILES string of the molecule is [CH2]CNC1CC1c1c(C)c(F)c(F)c(F)c1F. The van der Waals surface area contributed by atoms with Gasteiger partial charge < -0.3 is 5.32 Å². The summed E-state index contributed by atoms with van der Waals surface area (Å²) >= 11 is 0. The first-order chi connectivity index (χ1) is 7.99. The molecule has 5 heteroatoms. The van der Waals surface area contributed by atoms with Crippen LogP contribution in [0.4, 0.5) is 17.6 Å². The molecule has 0 bridgehead atoms. The van der Waals surface area contributed by atoms with Crippen molar-refractivity contribution in [1.29, 1.82) is 0 Å². The number of benzene rings is 1. The van der Waals surface area contributed by atoms with E-state index >= 15 is 0 Å². The van der Waals surface area contributed by atoms with Crippen molar-refractivity contribution in [2.24, 2.45) is 0 Å². The molecule has 1 fully saturated rings. The zero-order valence-corrected chi connectivity index (χ0v) is 9.29. The summed E-state index contributed by atoms with van der Waals surface area (Å²) in [5.41, 5.74) is -0.216. The molecule has 2 unspecified atom stereocenters. The Morgan fingerprint density at radius 2 is 1.71 bits per heavy atom. The first-order valence-corrected chi connectivity index (χ1v) is 5.34. The van der Waals surface area contributed by atoms with Crippen molar-refractivity contribution in [3.05, 3.63) is 41.3 Å². The Hall–Kier alpha value is -1.10. The Balaban J connectivity index is 2.42. The van der Waals surface area contributed by atoms with Gasteiger partial charge in [0.1, 0.15) is 0 Å². The molecule has 1 aromatic carbocycles. The Labute approximate surface area is 96.8 Å². The maximum absolute atomic E-state index is 13.6. The monoisotopic (exact) mass is 246 g/mol. The quantitative estimate of drug-likeness (QED) is 0.491. The van der Waals surface area contributed by atoms with Crippen LogP contribution in [-0.2, 0) is 0 Å². The molecule has 0 amide bonds. The second-order valence-electron chi connectivity index (χ2n) is 4.20. The van der Waals surface area contributed by atoms with Gasteiger partial charge in [-0.2, -0.15) is 0 Å².